The van der Waals surface area contributed by atoms with Gasteiger partial charge in [0.05, 0.1) is 24.1 Å². The lowest BCUT2D eigenvalue weighted by Gasteiger charge is -2.21. The number of esters is 1. The van der Waals surface area contributed by atoms with E-state index in [9.17, 15) is 9.59 Å². The molecular formula is C25H18BrNO3. The molecule has 1 aliphatic rings. The van der Waals surface area contributed by atoms with E-state index in [1.165, 1.54) is 7.11 Å². The Morgan fingerprint density at radius 1 is 0.967 bits per heavy atom. The van der Waals surface area contributed by atoms with Crippen molar-refractivity contribution in [3.8, 4) is 0 Å². The SMILES string of the molecule is COC(=O)c1cccc(N2C(=O)C(=Cc3ccc(Br)cc3)C=C2c2ccccc2)c1. The molecule has 0 aromatic heterocycles. The van der Waals surface area contributed by atoms with Crippen LogP contribution in [-0.2, 0) is 9.53 Å². The summed E-state index contributed by atoms with van der Waals surface area (Å²) in [4.78, 5) is 27.0. The van der Waals surface area contributed by atoms with Crippen molar-refractivity contribution in [1.29, 1.82) is 0 Å². The van der Waals surface area contributed by atoms with Gasteiger partial charge in [0.2, 0.25) is 0 Å². The Bertz CT molecular complexity index is 1160. The lowest BCUT2D eigenvalue weighted by Crippen LogP contribution is -2.25. The quantitative estimate of drug-likeness (QED) is 0.370. The monoisotopic (exact) mass is 459 g/mol. The topological polar surface area (TPSA) is 46.6 Å². The second kappa shape index (κ2) is 8.51. The number of carbonyl (C=O) groups excluding carboxylic acids is 2. The lowest BCUT2D eigenvalue weighted by molar-refractivity contribution is -0.113. The molecule has 0 spiro atoms. The number of halogens is 1. The molecule has 0 N–H and O–H groups in total. The molecule has 1 aliphatic heterocycles. The number of carbonyl (C=O) groups is 2. The van der Waals surface area contributed by atoms with E-state index in [-0.39, 0.29) is 5.91 Å². The van der Waals surface area contributed by atoms with Gasteiger partial charge in [-0.05, 0) is 53.6 Å². The number of amides is 1. The van der Waals surface area contributed by atoms with E-state index in [1.54, 1.807) is 23.1 Å². The van der Waals surface area contributed by atoms with Gasteiger partial charge >= 0.3 is 5.97 Å². The van der Waals surface area contributed by atoms with E-state index in [0.29, 0.717) is 16.8 Å². The summed E-state index contributed by atoms with van der Waals surface area (Å²) in [6.07, 6.45) is 3.74. The summed E-state index contributed by atoms with van der Waals surface area (Å²) in [7, 11) is 1.34. The molecule has 0 aliphatic carbocycles. The van der Waals surface area contributed by atoms with Crippen LogP contribution in [0.2, 0.25) is 0 Å². The summed E-state index contributed by atoms with van der Waals surface area (Å²) < 4.78 is 5.81. The maximum atomic E-state index is 13.4. The highest BCUT2D eigenvalue weighted by atomic mass is 79.9. The maximum absolute atomic E-state index is 13.4. The molecular weight excluding hydrogens is 442 g/mol. The molecule has 0 fully saturated rings. The second-order valence-corrected chi connectivity index (χ2v) is 7.64. The number of anilines is 1. The van der Waals surface area contributed by atoms with Gasteiger partial charge < -0.3 is 4.74 Å². The van der Waals surface area contributed by atoms with Crippen LogP contribution < -0.4 is 4.90 Å². The molecule has 0 bridgehead atoms. The Hall–Kier alpha value is -3.44. The van der Waals surface area contributed by atoms with E-state index in [1.807, 2.05) is 72.8 Å². The van der Waals surface area contributed by atoms with E-state index in [2.05, 4.69) is 15.9 Å². The zero-order chi connectivity index (χ0) is 21.1. The van der Waals surface area contributed by atoms with Crippen LogP contribution in [0.4, 0.5) is 5.69 Å². The average Bonchev–Trinajstić information content (AvgIpc) is 3.11. The molecule has 4 nitrogen and oxygen atoms in total. The summed E-state index contributed by atoms with van der Waals surface area (Å²) >= 11 is 3.43. The zero-order valence-electron chi connectivity index (χ0n) is 16.2. The Labute approximate surface area is 183 Å². The zero-order valence-corrected chi connectivity index (χ0v) is 17.8. The third kappa shape index (κ3) is 3.98. The van der Waals surface area contributed by atoms with Gasteiger partial charge in [0.15, 0.2) is 0 Å². The van der Waals surface area contributed by atoms with Crippen molar-refractivity contribution >= 4 is 45.3 Å². The highest BCUT2D eigenvalue weighted by Gasteiger charge is 2.30. The molecule has 0 saturated heterocycles. The Balaban J connectivity index is 1.81. The predicted molar refractivity (Wildman–Crippen MR) is 122 cm³/mol. The third-order valence-electron chi connectivity index (χ3n) is 4.77. The van der Waals surface area contributed by atoms with Crippen LogP contribution in [0.15, 0.2) is 95.0 Å². The van der Waals surface area contributed by atoms with Gasteiger partial charge in [0.1, 0.15) is 0 Å². The summed E-state index contributed by atoms with van der Waals surface area (Å²) in [5.74, 6) is -0.599. The summed E-state index contributed by atoms with van der Waals surface area (Å²) in [6, 6.07) is 24.4. The Kier molecular flexibility index (Phi) is 5.63. The molecule has 3 aromatic rings. The number of nitrogens with zero attached hydrogens (tertiary/aromatic N) is 1. The molecule has 0 atom stereocenters. The molecule has 3 aromatic carbocycles. The normalized spacial score (nSPS) is 14.7. The molecule has 0 saturated carbocycles. The van der Waals surface area contributed by atoms with Gasteiger partial charge in [-0.2, -0.15) is 0 Å². The minimum atomic E-state index is -0.445. The van der Waals surface area contributed by atoms with Crippen LogP contribution in [0.1, 0.15) is 21.5 Å². The van der Waals surface area contributed by atoms with E-state index >= 15 is 0 Å². The first kappa shape index (κ1) is 19.9. The number of benzene rings is 3. The maximum Gasteiger partial charge on any atom is 0.337 e. The molecule has 0 unspecified atom stereocenters. The van der Waals surface area contributed by atoms with Gasteiger partial charge in [-0.1, -0.05) is 64.5 Å². The van der Waals surface area contributed by atoms with Crippen molar-refractivity contribution in [3.05, 3.63) is 112 Å². The first-order valence-electron chi connectivity index (χ1n) is 9.34. The fourth-order valence-electron chi connectivity index (χ4n) is 3.32. The van der Waals surface area contributed by atoms with Crippen molar-refractivity contribution in [1.82, 2.24) is 0 Å². The third-order valence-corrected chi connectivity index (χ3v) is 5.30. The number of ether oxygens (including phenoxy) is 1. The van der Waals surface area contributed by atoms with Crippen LogP contribution in [0.25, 0.3) is 11.8 Å². The van der Waals surface area contributed by atoms with E-state index in [0.717, 1.165) is 21.3 Å². The summed E-state index contributed by atoms with van der Waals surface area (Å²) in [6.45, 7) is 0. The Morgan fingerprint density at radius 3 is 2.40 bits per heavy atom. The van der Waals surface area contributed by atoms with Crippen LogP contribution in [-0.4, -0.2) is 19.0 Å². The number of hydrogen-bond donors (Lipinski definition) is 0. The first-order valence-corrected chi connectivity index (χ1v) is 10.1. The van der Waals surface area contributed by atoms with Gasteiger partial charge in [-0.15, -0.1) is 0 Å². The molecule has 30 heavy (non-hydrogen) atoms. The smallest absolute Gasteiger partial charge is 0.337 e. The predicted octanol–water partition coefficient (Wildman–Crippen LogP) is 5.71. The molecule has 0 radical (unpaired) electrons. The van der Waals surface area contributed by atoms with Crippen molar-refractivity contribution < 1.29 is 14.3 Å². The van der Waals surface area contributed by atoms with Gasteiger partial charge in [-0.25, -0.2) is 4.79 Å². The molecule has 4 rings (SSSR count). The standard InChI is InChI=1S/C25H18BrNO3/c1-30-25(29)19-8-5-9-22(15-19)27-23(18-6-3-2-4-7-18)16-20(24(27)28)14-17-10-12-21(26)13-11-17/h2-16H,1H3. The fraction of sp³-hybridized carbons (Fsp3) is 0.0400. The number of rotatable bonds is 4. The largest absolute Gasteiger partial charge is 0.465 e. The molecule has 148 valence electrons. The van der Waals surface area contributed by atoms with Crippen LogP contribution in [0.3, 0.4) is 0 Å². The van der Waals surface area contributed by atoms with Crippen LogP contribution in [0, 0.1) is 0 Å². The minimum absolute atomic E-state index is 0.154. The summed E-state index contributed by atoms with van der Waals surface area (Å²) in [5.41, 5.74) is 4.16. The molecule has 5 heteroatoms. The van der Waals surface area contributed by atoms with Crippen molar-refractivity contribution in [2.45, 2.75) is 0 Å². The van der Waals surface area contributed by atoms with Crippen LogP contribution >= 0.6 is 15.9 Å². The average molecular weight is 460 g/mol. The van der Waals surface area contributed by atoms with Gasteiger partial charge in [0, 0.05) is 10.0 Å². The molecule has 1 amide bonds. The molecule has 1 heterocycles. The summed E-state index contributed by atoms with van der Waals surface area (Å²) in [5, 5.41) is 0. The highest BCUT2D eigenvalue weighted by Crippen LogP contribution is 2.35. The minimum Gasteiger partial charge on any atom is -0.465 e. The second-order valence-electron chi connectivity index (χ2n) is 6.73. The van der Waals surface area contributed by atoms with E-state index < -0.39 is 5.97 Å². The lowest BCUT2D eigenvalue weighted by atomic mass is 10.1. The first-order chi connectivity index (χ1) is 14.6. The van der Waals surface area contributed by atoms with Crippen molar-refractivity contribution in [2.75, 3.05) is 12.0 Å². The van der Waals surface area contributed by atoms with E-state index in [4.69, 9.17) is 4.74 Å². The van der Waals surface area contributed by atoms with Gasteiger partial charge in [0.25, 0.3) is 5.91 Å². The van der Waals surface area contributed by atoms with Gasteiger partial charge in [-0.3, -0.25) is 9.69 Å². The number of hydrogen-bond acceptors (Lipinski definition) is 3. The highest BCUT2D eigenvalue weighted by molar-refractivity contribution is 9.10. The Morgan fingerprint density at radius 2 is 1.70 bits per heavy atom. The van der Waals surface area contributed by atoms with Crippen molar-refractivity contribution in [2.24, 2.45) is 0 Å². The van der Waals surface area contributed by atoms with Crippen molar-refractivity contribution in [3.63, 3.8) is 0 Å². The fourth-order valence-corrected chi connectivity index (χ4v) is 3.59. The number of methoxy groups -OCH3 is 1. The van der Waals surface area contributed by atoms with Crippen LogP contribution in [0.5, 0.6) is 0 Å².